The maximum absolute atomic E-state index is 12.6. The molecule has 25 heavy (non-hydrogen) atoms. The lowest BCUT2D eigenvalue weighted by atomic mass is 10.1. The topological polar surface area (TPSA) is 79.0 Å². The van der Waals surface area contributed by atoms with Gasteiger partial charge in [-0.1, -0.05) is 12.1 Å². The molecule has 0 atom stereocenters. The zero-order valence-corrected chi connectivity index (χ0v) is 15.7. The first-order chi connectivity index (χ1) is 12.0. The highest BCUT2D eigenvalue weighted by atomic mass is 32.2. The van der Waals surface area contributed by atoms with Crippen LogP contribution in [-0.2, 0) is 21.2 Å². The van der Waals surface area contributed by atoms with Gasteiger partial charge in [-0.05, 0) is 38.0 Å². The Kier molecular flexibility index (Phi) is 7.22. The van der Waals surface area contributed by atoms with Gasteiger partial charge in [0.1, 0.15) is 0 Å². The van der Waals surface area contributed by atoms with Gasteiger partial charge in [-0.15, -0.1) is 0 Å². The minimum absolute atomic E-state index is 0.0727. The standard InChI is InChI=1S/C17H27N3O4S/c1-3-19(4-2)17(21)18-10-9-15-5-7-16(8-6-15)25(22,23)20-11-13-24-14-12-20/h5-8H,3-4,9-14H2,1-2H3,(H,18,21). The Morgan fingerprint density at radius 3 is 2.32 bits per heavy atom. The van der Waals surface area contributed by atoms with E-state index in [2.05, 4.69) is 5.32 Å². The third-order valence-corrected chi connectivity index (χ3v) is 6.18. The summed E-state index contributed by atoms with van der Waals surface area (Å²) in [5, 5.41) is 2.88. The number of sulfonamides is 1. The second kappa shape index (κ2) is 9.17. The highest BCUT2D eigenvalue weighted by Gasteiger charge is 2.26. The minimum Gasteiger partial charge on any atom is -0.379 e. The van der Waals surface area contributed by atoms with Crippen molar-refractivity contribution in [3.8, 4) is 0 Å². The number of nitrogens with one attached hydrogen (secondary N) is 1. The van der Waals surface area contributed by atoms with Crippen LogP contribution in [0.4, 0.5) is 4.79 Å². The fourth-order valence-corrected chi connectivity index (χ4v) is 4.11. The van der Waals surface area contributed by atoms with Gasteiger partial charge in [0, 0.05) is 32.7 Å². The van der Waals surface area contributed by atoms with Gasteiger partial charge < -0.3 is 15.0 Å². The van der Waals surface area contributed by atoms with Crippen LogP contribution in [0, 0.1) is 0 Å². The molecule has 0 radical (unpaired) electrons. The molecule has 1 aromatic carbocycles. The Labute approximate surface area is 150 Å². The van der Waals surface area contributed by atoms with Crippen LogP contribution >= 0.6 is 0 Å². The maximum Gasteiger partial charge on any atom is 0.317 e. The number of morpholine rings is 1. The summed E-state index contributed by atoms with van der Waals surface area (Å²) in [5.74, 6) is 0. The number of ether oxygens (including phenoxy) is 1. The van der Waals surface area contributed by atoms with Crippen LogP contribution in [0.3, 0.4) is 0 Å². The molecule has 1 heterocycles. The van der Waals surface area contributed by atoms with Crippen molar-refractivity contribution in [2.24, 2.45) is 0 Å². The van der Waals surface area contributed by atoms with Crippen molar-refractivity contribution in [3.05, 3.63) is 29.8 Å². The van der Waals surface area contributed by atoms with Crippen LogP contribution in [0.1, 0.15) is 19.4 Å². The second-order valence-electron chi connectivity index (χ2n) is 5.81. The number of rotatable bonds is 7. The van der Waals surface area contributed by atoms with Gasteiger partial charge in [0.15, 0.2) is 0 Å². The molecular weight excluding hydrogens is 342 g/mol. The molecule has 8 heteroatoms. The van der Waals surface area contributed by atoms with E-state index in [0.717, 1.165) is 5.56 Å². The van der Waals surface area contributed by atoms with E-state index in [4.69, 9.17) is 4.74 Å². The number of carbonyl (C=O) groups is 1. The first kappa shape index (κ1) is 19.7. The SMILES string of the molecule is CCN(CC)C(=O)NCCc1ccc(S(=O)(=O)N2CCOCC2)cc1. The van der Waals surface area contributed by atoms with Crippen molar-refractivity contribution in [3.63, 3.8) is 0 Å². The van der Waals surface area contributed by atoms with Crippen LogP contribution in [0.15, 0.2) is 29.2 Å². The fourth-order valence-electron chi connectivity index (χ4n) is 2.70. The van der Waals surface area contributed by atoms with Gasteiger partial charge in [-0.2, -0.15) is 4.31 Å². The van der Waals surface area contributed by atoms with E-state index in [9.17, 15) is 13.2 Å². The van der Waals surface area contributed by atoms with Gasteiger partial charge >= 0.3 is 6.03 Å². The van der Waals surface area contributed by atoms with Crippen LogP contribution in [0.2, 0.25) is 0 Å². The molecule has 1 saturated heterocycles. The van der Waals surface area contributed by atoms with Crippen molar-refractivity contribution in [1.82, 2.24) is 14.5 Å². The number of carbonyl (C=O) groups excluding carboxylic acids is 1. The quantitative estimate of drug-likeness (QED) is 0.786. The first-order valence-electron chi connectivity index (χ1n) is 8.68. The Balaban J connectivity index is 1.90. The van der Waals surface area contributed by atoms with Crippen LogP contribution in [0.25, 0.3) is 0 Å². The summed E-state index contributed by atoms with van der Waals surface area (Å²) in [6.07, 6.45) is 0.658. The first-order valence-corrected chi connectivity index (χ1v) is 10.1. The molecule has 1 N–H and O–H groups in total. The number of amides is 2. The molecule has 0 spiro atoms. The van der Waals surface area contributed by atoms with E-state index in [0.29, 0.717) is 57.3 Å². The zero-order valence-electron chi connectivity index (χ0n) is 14.9. The molecule has 1 fully saturated rings. The van der Waals surface area contributed by atoms with Gasteiger partial charge in [0.05, 0.1) is 18.1 Å². The lowest BCUT2D eigenvalue weighted by molar-refractivity contribution is 0.0730. The number of benzene rings is 1. The lowest BCUT2D eigenvalue weighted by Gasteiger charge is -2.26. The van der Waals surface area contributed by atoms with Crippen LogP contribution in [-0.4, -0.2) is 69.6 Å². The van der Waals surface area contributed by atoms with E-state index >= 15 is 0 Å². The predicted molar refractivity (Wildman–Crippen MR) is 96.0 cm³/mol. The average molecular weight is 369 g/mol. The van der Waals surface area contributed by atoms with E-state index in [1.807, 2.05) is 13.8 Å². The summed E-state index contributed by atoms with van der Waals surface area (Å²) in [6.45, 7) is 7.40. The van der Waals surface area contributed by atoms with Crippen molar-refractivity contribution in [2.75, 3.05) is 45.9 Å². The second-order valence-corrected chi connectivity index (χ2v) is 7.75. The number of hydrogen-bond donors (Lipinski definition) is 1. The highest BCUT2D eigenvalue weighted by Crippen LogP contribution is 2.17. The van der Waals surface area contributed by atoms with Crippen molar-refractivity contribution >= 4 is 16.1 Å². The molecule has 140 valence electrons. The molecule has 1 aromatic rings. The molecule has 0 aromatic heterocycles. The minimum atomic E-state index is -3.45. The number of nitrogens with zero attached hydrogens (tertiary/aromatic N) is 2. The third-order valence-electron chi connectivity index (χ3n) is 4.27. The summed E-state index contributed by atoms with van der Waals surface area (Å²) in [6, 6.07) is 6.79. The summed E-state index contributed by atoms with van der Waals surface area (Å²) in [7, 11) is -3.45. The van der Waals surface area contributed by atoms with E-state index in [1.165, 1.54) is 4.31 Å². The summed E-state index contributed by atoms with van der Waals surface area (Å²) < 4.78 is 31.8. The molecule has 0 unspecified atom stereocenters. The van der Waals surface area contributed by atoms with Gasteiger partial charge in [-0.3, -0.25) is 0 Å². The molecule has 1 aliphatic heterocycles. The Bertz CT molecular complexity index is 651. The van der Waals surface area contributed by atoms with Crippen LogP contribution < -0.4 is 5.32 Å². The molecule has 2 amide bonds. The molecule has 1 aliphatic rings. The molecule has 0 saturated carbocycles. The normalized spacial score (nSPS) is 15.8. The zero-order chi connectivity index (χ0) is 18.3. The van der Waals surface area contributed by atoms with Gasteiger partial charge in [0.25, 0.3) is 0 Å². The highest BCUT2D eigenvalue weighted by molar-refractivity contribution is 7.89. The summed E-state index contributed by atoms with van der Waals surface area (Å²) in [5.41, 5.74) is 0.987. The fraction of sp³-hybridized carbons (Fsp3) is 0.588. The van der Waals surface area contributed by atoms with Crippen molar-refractivity contribution < 1.29 is 17.9 Å². The van der Waals surface area contributed by atoms with E-state index in [-0.39, 0.29) is 6.03 Å². The lowest BCUT2D eigenvalue weighted by Crippen LogP contribution is -2.40. The molecule has 0 aliphatic carbocycles. The molecule has 2 rings (SSSR count). The summed E-state index contributed by atoms with van der Waals surface area (Å²) >= 11 is 0. The van der Waals surface area contributed by atoms with Crippen molar-refractivity contribution in [2.45, 2.75) is 25.2 Å². The molecular formula is C17H27N3O4S. The smallest absolute Gasteiger partial charge is 0.317 e. The largest absolute Gasteiger partial charge is 0.379 e. The summed E-state index contributed by atoms with van der Waals surface area (Å²) in [4.78, 5) is 13.9. The number of hydrogen-bond acceptors (Lipinski definition) is 4. The van der Waals surface area contributed by atoms with Crippen molar-refractivity contribution in [1.29, 1.82) is 0 Å². The van der Waals surface area contributed by atoms with Gasteiger partial charge in [0.2, 0.25) is 10.0 Å². The average Bonchev–Trinajstić information content (AvgIpc) is 2.64. The number of urea groups is 1. The molecule has 7 nitrogen and oxygen atoms in total. The van der Waals surface area contributed by atoms with E-state index < -0.39 is 10.0 Å². The Hall–Kier alpha value is -1.64. The van der Waals surface area contributed by atoms with Crippen LogP contribution in [0.5, 0.6) is 0 Å². The predicted octanol–water partition coefficient (Wildman–Crippen LogP) is 1.30. The van der Waals surface area contributed by atoms with Gasteiger partial charge in [-0.25, -0.2) is 13.2 Å². The van der Waals surface area contributed by atoms with E-state index in [1.54, 1.807) is 29.2 Å². The molecule has 0 bridgehead atoms. The Morgan fingerprint density at radius 1 is 1.16 bits per heavy atom. The third kappa shape index (κ3) is 5.17. The maximum atomic E-state index is 12.6. The monoisotopic (exact) mass is 369 g/mol. The Morgan fingerprint density at radius 2 is 1.76 bits per heavy atom.